The molecule has 0 atom stereocenters. The Morgan fingerprint density at radius 2 is 1.18 bits per heavy atom. The summed E-state index contributed by atoms with van der Waals surface area (Å²) in [5.41, 5.74) is 1.38. The molecule has 0 fully saturated rings. The van der Waals surface area contributed by atoms with Crippen molar-refractivity contribution in [1.29, 1.82) is 0 Å². The van der Waals surface area contributed by atoms with E-state index in [9.17, 15) is 9.59 Å². The molecule has 33 heavy (non-hydrogen) atoms. The van der Waals surface area contributed by atoms with Crippen molar-refractivity contribution in [3.8, 4) is 11.5 Å². The van der Waals surface area contributed by atoms with Crippen LogP contribution in [0.15, 0.2) is 109 Å². The monoisotopic (exact) mass is 501 g/mol. The number of aromatic nitrogens is 1. The van der Waals surface area contributed by atoms with Gasteiger partial charge in [0.15, 0.2) is 30.1 Å². The molecule has 0 saturated heterocycles. The van der Waals surface area contributed by atoms with Crippen LogP contribution in [0.1, 0.15) is 26.3 Å². The van der Waals surface area contributed by atoms with Crippen LogP contribution < -0.4 is 31.0 Å². The fourth-order valence-electron chi connectivity index (χ4n) is 2.99. The molecule has 0 bridgehead atoms. The fraction of sp³-hybridized carbons (Fsp3) is 0. The van der Waals surface area contributed by atoms with Crippen molar-refractivity contribution in [1.82, 2.24) is 0 Å². The molecule has 3 aromatic carbocycles. The van der Waals surface area contributed by atoms with Gasteiger partial charge in [0, 0.05) is 23.8 Å². The molecule has 0 spiro atoms. The zero-order valence-corrected chi connectivity index (χ0v) is 19.1. The lowest BCUT2D eigenvalue weighted by molar-refractivity contribution is -0.567. The third-order valence-electron chi connectivity index (χ3n) is 4.59. The summed E-state index contributed by atoms with van der Waals surface area (Å²) in [4.78, 5) is 25.4. The first-order valence-electron chi connectivity index (χ1n) is 10.0. The van der Waals surface area contributed by atoms with Gasteiger partial charge < -0.3 is 26.5 Å². The molecule has 0 radical (unpaired) electrons. The van der Waals surface area contributed by atoms with Crippen LogP contribution in [-0.4, -0.2) is 11.9 Å². The number of rotatable bonds is 6. The summed E-state index contributed by atoms with van der Waals surface area (Å²) in [7, 11) is 0. The van der Waals surface area contributed by atoms with Gasteiger partial charge in [-0.15, -0.1) is 0 Å². The maximum atomic E-state index is 12.8. The Labute approximate surface area is 202 Å². The number of benzene rings is 3. The van der Waals surface area contributed by atoms with Gasteiger partial charge in [-0.2, -0.15) is 4.57 Å². The van der Waals surface area contributed by atoms with Crippen LogP contribution in [0.25, 0.3) is 12.3 Å². The van der Waals surface area contributed by atoms with E-state index in [1.54, 1.807) is 72.8 Å². The smallest absolute Gasteiger partial charge is 0.343 e. The molecule has 0 aliphatic carbocycles. The lowest BCUT2D eigenvalue weighted by atomic mass is 10.1. The van der Waals surface area contributed by atoms with Crippen molar-refractivity contribution >= 4 is 24.2 Å². The number of halogens is 1. The second-order valence-electron chi connectivity index (χ2n) is 6.82. The summed E-state index contributed by atoms with van der Waals surface area (Å²) in [5.74, 6) is -0.765. The number of pyridine rings is 1. The van der Waals surface area contributed by atoms with Crippen LogP contribution in [-0.2, 0) is 0 Å². The van der Waals surface area contributed by atoms with Gasteiger partial charge in [-0.05, 0) is 30.3 Å². The Balaban J connectivity index is 0.00000306. The quantitative estimate of drug-likeness (QED) is 0.230. The average Bonchev–Trinajstić information content (AvgIpc) is 2.85. The van der Waals surface area contributed by atoms with Gasteiger partial charge in [-0.3, -0.25) is 0 Å². The molecule has 0 aliphatic rings. The topological polar surface area (TPSA) is 56.5 Å². The second kappa shape index (κ2) is 11.5. The van der Waals surface area contributed by atoms with Crippen molar-refractivity contribution in [3.05, 3.63) is 126 Å². The molecule has 0 amide bonds. The highest BCUT2D eigenvalue weighted by Crippen LogP contribution is 2.33. The predicted octanol–water partition coefficient (Wildman–Crippen LogP) is 2.04. The van der Waals surface area contributed by atoms with E-state index in [0.29, 0.717) is 16.7 Å². The van der Waals surface area contributed by atoms with Gasteiger partial charge in [-0.1, -0.05) is 54.6 Å². The zero-order valence-electron chi connectivity index (χ0n) is 17.5. The summed E-state index contributed by atoms with van der Waals surface area (Å²) in [6.07, 6.45) is 7.36. The minimum absolute atomic E-state index is 0. The van der Waals surface area contributed by atoms with Crippen LogP contribution in [0, 0.1) is 0 Å². The molecule has 4 rings (SSSR count). The molecular weight excluding hydrogens is 482 g/mol. The number of para-hydroxylation sites is 1. The van der Waals surface area contributed by atoms with E-state index in [1.165, 1.54) is 0 Å². The maximum Gasteiger partial charge on any atom is 0.343 e. The number of ether oxygens (including phenoxy) is 2. The van der Waals surface area contributed by atoms with Crippen molar-refractivity contribution in [2.24, 2.45) is 0 Å². The third kappa shape index (κ3) is 6.24. The molecule has 0 N–H and O–H groups in total. The molecule has 1 aromatic heterocycles. The lowest BCUT2D eigenvalue weighted by Crippen LogP contribution is -3.00. The van der Waals surface area contributed by atoms with Crippen LogP contribution >= 0.6 is 0 Å². The van der Waals surface area contributed by atoms with Gasteiger partial charge >= 0.3 is 11.9 Å². The van der Waals surface area contributed by atoms with Gasteiger partial charge in [0.25, 0.3) is 0 Å². The van der Waals surface area contributed by atoms with E-state index in [-0.39, 0.29) is 28.5 Å². The second-order valence-corrected chi connectivity index (χ2v) is 6.82. The first-order chi connectivity index (χ1) is 15.7. The normalized spacial score (nSPS) is 10.3. The lowest BCUT2D eigenvalue weighted by Gasteiger charge is -2.13. The van der Waals surface area contributed by atoms with E-state index in [0.717, 1.165) is 0 Å². The summed E-state index contributed by atoms with van der Waals surface area (Å²) >= 11 is 0. The maximum absolute atomic E-state index is 12.8. The number of nitrogens with zero attached hydrogens (tertiary/aromatic N) is 1. The van der Waals surface area contributed by atoms with E-state index in [4.69, 9.17) is 9.47 Å². The number of carbonyl (C=O) groups excluding carboxylic acids is 2. The Morgan fingerprint density at radius 3 is 1.79 bits per heavy atom. The molecular formula is C27H20BrNO4. The Hall–Kier alpha value is -4.03. The van der Waals surface area contributed by atoms with Crippen molar-refractivity contribution in [3.63, 3.8) is 0 Å². The van der Waals surface area contributed by atoms with Crippen molar-refractivity contribution in [2.75, 3.05) is 0 Å². The molecule has 4 aromatic rings. The molecule has 6 heteroatoms. The van der Waals surface area contributed by atoms with Crippen LogP contribution in [0.2, 0.25) is 0 Å². The highest BCUT2D eigenvalue weighted by atomic mass is 79.9. The molecule has 1 heterocycles. The van der Waals surface area contributed by atoms with E-state index < -0.39 is 11.9 Å². The van der Waals surface area contributed by atoms with E-state index >= 15 is 0 Å². The predicted molar refractivity (Wildman–Crippen MR) is 121 cm³/mol. The van der Waals surface area contributed by atoms with Crippen molar-refractivity contribution in [2.45, 2.75) is 0 Å². The standard InChI is InChI=1S/C27H20NO4.BrH/c29-26(22-11-4-1-5-12-22)31-24-16-10-15-21(17-20-28-18-8-3-9-19-28)25(24)32-27(30)23-13-6-2-7-14-23;/h1-20H;1H/q+1;/p-1/b20-17+;. The highest BCUT2D eigenvalue weighted by molar-refractivity contribution is 5.94. The Kier molecular flexibility index (Phi) is 8.27. The number of hydrogen-bond donors (Lipinski definition) is 0. The SMILES string of the molecule is O=C(Oc1cccc(/C=C/[n+]2ccccc2)c1OC(=O)c1ccccc1)c1ccccc1.[Br-]. The zero-order chi connectivity index (χ0) is 22.2. The highest BCUT2D eigenvalue weighted by Gasteiger charge is 2.19. The first kappa shape index (κ1) is 23.6. The molecule has 0 aliphatic heterocycles. The van der Waals surface area contributed by atoms with Crippen LogP contribution in [0.5, 0.6) is 11.5 Å². The summed E-state index contributed by atoms with van der Waals surface area (Å²) in [6, 6.07) is 28.1. The molecule has 0 unspecified atom stereocenters. The molecule has 5 nitrogen and oxygen atoms in total. The molecule has 164 valence electrons. The molecule has 0 saturated carbocycles. The van der Waals surface area contributed by atoms with Gasteiger partial charge in [0.1, 0.15) is 0 Å². The fourth-order valence-corrected chi connectivity index (χ4v) is 2.99. The number of esters is 2. The van der Waals surface area contributed by atoms with Gasteiger partial charge in [0.05, 0.1) is 11.1 Å². The Bertz CT molecular complexity index is 1240. The number of hydrogen-bond acceptors (Lipinski definition) is 4. The summed E-state index contributed by atoms with van der Waals surface area (Å²) < 4.78 is 13.2. The third-order valence-corrected chi connectivity index (χ3v) is 4.59. The van der Waals surface area contributed by atoms with Gasteiger partial charge in [0.2, 0.25) is 0 Å². The number of carbonyl (C=O) groups is 2. The average molecular weight is 502 g/mol. The van der Waals surface area contributed by atoms with Gasteiger partial charge in [-0.25, -0.2) is 9.59 Å². The summed E-state index contributed by atoms with van der Waals surface area (Å²) in [6.45, 7) is 0. The summed E-state index contributed by atoms with van der Waals surface area (Å²) in [5, 5.41) is 0. The van der Waals surface area contributed by atoms with E-state index in [1.807, 2.05) is 53.5 Å². The minimum Gasteiger partial charge on any atom is -1.00 e. The van der Waals surface area contributed by atoms with Crippen molar-refractivity contribution < 1.29 is 40.6 Å². The largest absolute Gasteiger partial charge is 1.00 e. The van der Waals surface area contributed by atoms with Crippen LogP contribution in [0.3, 0.4) is 0 Å². The Morgan fingerprint density at radius 1 is 0.636 bits per heavy atom. The first-order valence-corrected chi connectivity index (χ1v) is 10.0. The van der Waals surface area contributed by atoms with E-state index in [2.05, 4.69) is 0 Å². The van der Waals surface area contributed by atoms with Crippen LogP contribution in [0.4, 0.5) is 0 Å². The minimum atomic E-state index is -0.546.